The van der Waals surface area contributed by atoms with Gasteiger partial charge < -0.3 is 15.5 Å². The van der Waals surface area contributed by atoms with Crippen LogP contribution in [0.3, 0.4) is 0 Å². The van der Waals surface area contributed by atoms with Gasteiger partial charge in [0.2, 0.25) is 16.0 Å². The monoisotopic (exact) mass is 510 g/mol. The number of rotatable bonds is 7. The highest BCUT2D eigenvalue weighted by Crippen LogP contribution is 2.39. The average Bonchev–Trinajstić information content (AvgIpc) is 2.81. The highest BCUT2D eigenvalue weighted by Gasteiger charge is 2.37. The van der Waals surface area contributed by atoms with E-state index in [9.17, 15) is 26.4 Å². The van der Waals surface area contributed by atoms with Gasteiger partial charge >= 0.3 is 6.18 Å². The summed E-state index contributed by atoms with van der Waals surface area (Å²) in [5, 5.41) is 5.26. The quantitative estimate of drug-likeness (QED) is 0.492. The van der Waals surface area contributed by atoms with E-state index >= 15 is 0 Å². The van der Waals surface area contributed by atoms with Gasteiger partial charge in [-0.15, -0.1) is 0 Å². The van der Waals surface area contributed by atoms with Gasteiger partial charge in [-0.1, -0.05) is 0 Å². The number of nitrogens with one attached hydrogen (secondary N) is 2. The van der Waals surface area contributed by atoms with E-state index in [4.69, 9.17) is 0 Å². The first-order chi connectivity index (χ1) is 16.3. The topological polar surface area (TPSA) is 133 Å². The molecule has 3 rings (SSSR count). The molecule has 3 aromatic rings. The molecule has 35 heavy (non-hydrogen) atoms. The molecule has 0 saturated carbocycles. The van der Waals surface area contributed by atoms with Gasteiger partial charge in [0, 0.05) is 51.0 Å². The fourth-order valence-electron chi connectivity index (χ4n) is 2.91. The van der Waals surface area contributed by atoms with E-state index in [-0.39, 0.29) is 23.5 Å². The zero-order valence-corrected chi connectivity index (χ0v) is 19.8. The predicted molar refractivity (Wildman–Crippen MR) is 123 cm³/mol. The van der Waals surface area contributed by atoms with Crippen LogP contribution < -0.4 is 19.8 Å². The molecule has 11 nitrogen and oxygen atoms in total. The summed E-state index contributed by atoms with van der Waals surface area (Å²) in [5.41, 5.74) is -0.362. The Labute approximate surface area is 199 Å². The van der Waals surface area contributed by atoms with Gasteiger partial charge in [0.25, 0.3) is 5.91 Å². The van der Waals surface area contributed by atoms with Gasteiger partial charge in [-0.2, -0.15) is 18.2 Å². The van der Waals surface area contributed by atoms with Crippen molar-refractivity contribution in [2.24, 2.45) is 0 Å². The lowest BCUT2D eigenvalue weighted by atomic mass is 10.2. The first-order valence-corrected chi connectivity index (χ1v) is 11.7. The van der Waals surface area contributed by atoms with E-state index in [1.165, 1.54) is 57.8 Å². The summed E-state index contributed by atoms with van der Waals surface area (Å²) in [6.45, 7) is 0. The van der Waals surface area contributed by atoms with Crippen LogP contribution in [0.1, 0.15) is 15.9 Å². The predicted octanol–water partition coefficient (Wildman–Crippen LogP) is 2.55. The summed E-state index contributed by atoms with van der Waals surface area (Å²) >= 11 is 0. The standard InChI is InChI=1S/C20H21F3N8O3S/c1-24-18(32)12-5-7-13(8-6-12)28-19-27-11-14(20(21,22)23)15(29-19)30(2)16-17(26-10-9-25-16)31(3)35(4,33)34/h5-11H,1-4H3,(H,24,32)(H,27,28,29). The molecule has 2 N–H and O–H groups in total. The number of aromatic nitrogens is 4. The van der Waals surface area contributed by atoms with Crippen LogP contribution in [-0.2, 0) is 16.2 Å². The number of halogens is 3. The van der Waals surface area contributed by atoms with Gasteiger partial charge in [-0.3, -0.25) is 9.10 Å². The Morgan fingerprint density at radius 1 is 0.971 bits per heavy atom. The second-order valence-electron chi connectivity index (χ2n) is 7.20. The number of benzene rings is 1. The molecule has 0 saturated heterocycles. The molecule has 0 bridgehead atoms. The molecular formula is C20H21F3N8O3S. The second-order valence-corrected chi connectivity index (χ2v) is 9.22. The molecule has 0 radical (unpaired) electrons. The first-order valence-electron chi connectivity index (χ1n) is 9.85. The van der Waals surface area contributed by atoms with E-state index in [2.05, 4.69) is 30.6 Å². The molecule has 0 aliphatic heterocycles. The number of anilines is 5. The minimum atomic E-state index is -4.82. The number of nitrogens with zero attached hydrogens (tertiary/aromatic N) is 6. The van der Waals surface area contributed by atoms with Gasteiger partial charge in [0.05, 0.1) is 6.26 Å². The van der Waals surface area contributed by atoms with Crippen LogP contribution in [0.5, 0.6) is 0 Å². The molecule has 1 aromatic carbocycles. The van der Waals surface area contributed by atoms with Crippen LogP contribution in [-0.4, -0.2) is 61.7 Å². The molecule has 186 valence electrons. The van der Waals surface area contributed by atoms with Crippen molar-refractivity contribution in [3.8, 4) is 0 Å². The third-order valence-corrected chi connectivity index (χ3v) is 5.96. The number of carbonyl (C=O) groups is 1. The Morgan fingerprint density at radius 2 is 1.57 bits per heavy atom. The average molecular weight is 511 g/mol. The zero-order valence-electron chi connectivity index (χ0n) is 19.0. The lowest BCUT2D eigenvalue weighted by Gasteiger charge is -2.25. The minimum absolute atomic E-state index is 0.172. The molecule has 2 aromatic heterocycles. The molecule has 0 aliphatic rings. The van der Waals surface area contributed by atoms with Crippen molar-refractivity contribution < 1.29 is 26.4 Å². The second kappa shape index (κ2) is 9.69. The van der Waals surface area contributed by atoms with Crippen LogP contribution in [0.4, 0.5) is 42.3 Å². The van der Waals surface area contributed by atoms with Crippen LogP contribution in [0.2, 0.25) is 0 Å². The summed E-state index contributed by atoms with van der Waals surface area (Å²) < 4.78 is 66.2. The van der Waals surface area contributed by atoms with E-state index in [1.54, 1.807) is 0 Å². The van der Waals surface area contributed by atoms with Gasteiger partial charge in [0.1, 0.15) is 5.56 Å². The van der Waals surface area contributed by atoms with Crippen LogP contribution in [0, 0.1) is 0 Å². The number of alkyl halides is 3. The normalized spacial score (nSPS) is 11.6. The molecule has 1 amide bonds. The Balaban J connectivity index is 2.05. The van der Waals surface area contributed by atoms with Gasteiger partial charge in [-0.05, 0) is 24.3 Å². The van der Waals surface area contributed by atoms with Gasteiger partial charge in [0.15, 0.2) is 17.5 Å². The van der Waals surface area contributed by atoms with Crippen LogP contribution >= 0.6 is 0 Å². The Hall–Kier alpha value is -4.01. The Morgan fingerprint density at radius 3 is 2.11 bits per heavy atom. The highest BCUT2D eigenvalue weighted by atomic mass is 32.2. The van der Waals surface area contributed by atoms with E-state index in [0.29, 0.717) is 17.4 Å². The molecular weight excluding hydrogens is 489 g/mol. The maximum absolute atomic E-state index is 13.8. The van der Waals surface area contributed by atoms with Crippen molar-refractivity contribution in [3.63, 3.8) is 0 Å². The molecule has 0 fully saturated rings. The maximum Gasteiger partial charge on any atom is 0.421 e. The molecule has 0 unspecified atom stereocenters. The van der Waals surface area contributed by atoms with Crippen molar-refractivity contribution >= 4 is 45.0 Å². The first kappa shape index (κ1) is 25.6. The lowest BCUT2D eigenvalue weighted by molar-refractivity contribution is -0.137. The summed E-state index contributed by atoms with van der Waals surface area (Å²) in [4.78, 5) is 28.4. The Kier molecular flexibility index (Phi) is 7.09. The van der Waals surface area contributed by atoms with Gasteiger partial charge in [-0.25, -0.2) is 23.4 Å². The number of hydrogen-bond donors (Lipinski definition) is 2. The molecule has 15 heteroatoms. The fraction of sp³-hybridized carbons (Fsp3) is 0.250. The van der Waals surface area contributed by atoms with E-state index < -0.39 is 27.6 Å². The van der Waals surface area contributed by atoms with Crippen LogP contribution in [0.15, 0.2) is 42.9 Å². The lowest BCUT2D eigenvalue weighted by Crippen LogP contribution is -2.29. The summed E-state index contributed by atoms with van der Waals surface area (Å²) in [5.74, 6) is -1.42. The fourth-order valence-corrected chi connectivity index (χ4v) is 3.35. The Bertz CT molecular complexity index is 1330. The third-order valence-electron chi connectivity index (χ3n) is 4.80. The summed E-state index contributed by atoms with van der Waals surface area (Å²) in [6, 6.07) is 6.12. The molecule has 0 aliphatic carbocycles. The molecule has 0 atom stereocenters. The summed E-state index contributed by atoms with van der Waals surface area (Å²) in [7, 11) is 0.158. The summed E-state index contributed by atoms with van der Waals surface area (Å²) in [6.07, 6.45) is -0.852. The van der Waals surface area contributed by atoms with Crippen molar-refractivity contribution in [1.82, 2.24) is 25.3 Å². The van der Waals surface area contributed by atoms with E-state index in [0.717, 1.165) is 15.5 Å². The minimum Gasteiger partial charge on any atom is -0.355 e. The van der Waals surface area contributed by atoms with Crippen molar-refractivity contribution in [1.29, 1.82) is 0 Å². The largest absolute Gasteiger partial charge is 0.421 e. The highest BCUT2D eigenvalue weighted by molar-refractivity contribution is 7.92. The van der Waals surface area contributed by atoms with Crippen LogP contribution in [0.25, 0.3) is 0 Å². The number of amides is 1. The zero-order chi connectivity index (χ0) is 26.0. The molecule has 2 heterocycles. The van der Waals surface area contributed by atoms with E-state index in [1.807, 2.05) is 0 Å². The smallest absolute Gasteiger partial charge is 0.355 e. The van der Waals surface area contributed by atoms with Crippen molar-refractivity contribution in [2.45, 2.75) is 6.18 Å². The number of sulfonamides is 1. The van der Waals surface area contributed by atoms with Crippen molar-refractivity contribution in [3.05, 3.63) is 54.0 Å². The molecule has 0 spiro atoms. The number of hydrogen-bond acceptors (Lipinski definition) is 9. The maximum atomic E-state index is 13.8. The number of carbonyl (C=O) groups excluding carboxylic acids is 1. The van der Waals surface area contributed by atoms with Crippen molar-refractivity contribution in [2.75, 3.05) is 41.9 Å². The SMILES string of the molecule is CNC(=O)c1ccc(Nc2ncc(C(F)(F)F)c(N(C)c3nccnc3N(C)S(C)(=O)=O)n2)cc1. The third kappa shape index (κ3) is 5.74.